The van der Waals surface area contributed by atoms with Crippen LogP contribution in [0.2, 0.25) is 0 Å². The molecule has 0 aliphatic carbocycles. The fourth-order valence-corrected chi connectivity index (χ4v) is 3.79. The number of carbonyl (C=O) groups excluding carboxylic acids is 1. The summed E-state index contributed by atoms with van der Waals surface area (Å²) in [6, 6.07) is 19.6. The van der Waals surface area contributed by atoms with Crippen molar-refractivity contribution in [2.45, 2.75) is 26.2 Å². The van der Waals surface area contributed by atoms with Crippen LogP contribution in [0.4, 0.5) is 10.2 Å². The Labute approximate surface area is 195 Å². The van der Waals surface area contributed by atoms with Crippen LogP contribution in [-0.4, -0.2) is 25.4 Å². The van der Waals surface area contributed by atoms with Crippen molar-refractivity contribution in [1.29, 1.82) is 0 Å². The molecule has 34 heavy (non-hydrogen) atoms. The lowest BCUT2D eigenvalue weighted by Crippen LogP contribution is -2.14. The highest BCUT2D eigenvalue weighted by Crippen LogP contribution is 2.30. The molecule has 3 heterocycles. The monoisotopic (exact) mass is 455 g/mol. The predicted octanol–water partition coefficient (Wildman–Crippen LogP) is 5.46. The van der Waals surface area contributed by atoms with E-state index in [0.717, 1.165) is 22.5 Å². The van der Waals surface area contributed by atoms with Gasteiger partial charge in [-0.25, -0.2) is 9.37 Å². The molecule has 1 amide bonds. The number of carbonyl (C=O) groups is 1. The molecule has 1 N–H and O–H groups in total. The lowest BCUT2D eigenvalue weighted by molar-refractivity contribution is -0.116. The number of rotatable bonds is 7. The molecular weight excluding hydrogens is 433 g/mol. The number of pyridine rings is 1. The number of hydrogen-bond donors (Lipinski definition) is 1. The van der Waals surface area contributed by atoms with Crippen LogP contribution in [0.3, 0.4) is 0 Å². The summed E-state index contributed by atoms with van der Waals surface area (Å²) in [6.45, 7) is 1.99. The van der Waals surface area contributed by atoms with Gasteiger partial charge in [-0.15, -0.1) is 0 Å². The topological polar surface area (TPSA) is 85.3 Å². The third-order valence-electron chi connectivity index (χ3n) is 5.52. The zero-order valence-electron chi connectivity index (χ0n) is 18.5. The number of anilines is 1. The number of aromatic nitrogens is 4. The normalized spacial score (nSPS) is 11.1. The molecule has 0 saturated heterocycles. The first kappa shape index (κ1) is 21.5. The Hall–Kier alpha value is -4.33. The van der Waals surface area contributed by atoms with Crippen molar-refractivity contribution in [3.8, 4) is 22.6 Å². The molecule has 5 rings (SSSR count). The Balaban J connectivity index is 1.28. The zero-order chi connectivity index (χ0) is 23.5. The number of imidazole rings is 1. The van der Waals surface area contributed by atoms with E-state index in [1.165, 1.54) is 12.1 Å². The second kappa shape index (κ2) is 9.27. The molecule has 0 aliphatic rings. The summed E-state index contributed by atoms with van der Waals surface area (Å²) in [6.07, 6.45) is 3.17. The molecule has 8 heteroatoms. The number of hydrogen-bond acceptors (Lipinski definition) is 5. The van der Waals surface area contributed by atoms with Crippen LogP contribution in [0.1, 0.15) is 24.3 Å². The molecule has 3 aromatic heterocycles. The van der Waals surface area contributed by atoms with E-state index >= 15 is 0 Å². The highest BCUT2D eigenvalue weighted by molar-refractivity contribution is 5.94. The number of nitrogens with one attached hydrogen (secondary N) is 1. The second-order valence-corrected chi connectivity index (χ2v) is 7.98. The Morgan fingerprint density at radius 1 is 1.00 bits per heavy atom. The molecule has 7 nitrogen and oxygen atoms in total. The molecule has 0 spiro atoms. The minimum Gasteiger partial charge on any atom is -0.339 e. The summed E-state index contributed by atoms with van der Waals surface area (Å²) in [7, 11) is 0. The number of nitrogens with zero attached hydrogens (tertiary/aromatic N) is 4. The lowest BCUT2D eigenvalue weighted by atomic mass is 10.1. The Kier molecular flexibility index (Phi) is 5.86. The number of benzene rings is 2. The standard InChI is InChI=1S/C26H22FN5O2/c1-17-7-6-16-32-25(17)30-23(18-8-3-2-4-9-18)26(32)28-21(33)10-5-11-22-29-24(31-34-22)19-12-14-20(27)15-13-19/h2-4,6-9,12-16H,5,10-11H2,1H3,(H,28,33). The van der Waals surface area contributed by atoms with Crippen LogP contribution in [0.25, 0.3) is 28.3 Å². The molecule has 0 radical (unpaired) electrons. The van der Waals surface area contributed by atoms with Gasteiger partial charge in [0.1, 0.15) is 23.0 Å². The average Bonchev–Trinajstić information content (AvgIpc) is 3.46. The lowest BCUT2D eigenvalue weighted by Gasteiger charge is -2.08. The summed E-state index contributed by atoms with van der Waals surface area (Å²) in [5, 5.41) is 6.98. The molecule has 2 aromatic carbocycles. The van der Waals surface area contributed by atoms with Crippen molar-refractivity contribution in [2.75, 3.05) is 5.32 Å². The van der Waals surface area contributed by atoms with Gasteiger partial charge in [0.25, 0.3) is 0 Å². The maximum atomic E-state index is 13.1. The third-order valence-corrected chi connectivity index (χ3v) is 5.52. The SMILES string of the molecule is Cc1cccn2c(NC(=O)CCCc3nc(-c4ccc(F)cc4)no3)c(-c3ccccc3)nc12. The molecular formula is C26H22FN5O2. The number of amides is 1. The summed E-state index contributed by atoms with van der Waals surface area (Å²) in [4.78, 5) is 21.9. The minimum absolute atomic E-state index is 0.126. The van der Waals surface area contributed by atoms with E-state index in [9.17, 15) is 9.18 Å². The fraction of sp³-hybridized carbons (Fsp3) is 0.154. The number of aryl methyl sites for hydroxylation is 2. The van der Waals surface area contributed by atoms with Gasteiger partial charge in [0.2, 0.25) is 17.6 Å². The van der Waals surface area contributed by atoms with E-state index in [2.05, 4.69) is 15.5 Å². The quantitative estimate of drug-likeness (QED) is 0.352. The van der Waals surface area contributed by atoms with Crippen LogP contribution in [0.5, 0.6) is 0 Å². The Bertz CT molecular complexity index is 1440. The van der Waals surface area contributed by atoms with Crippen molar-refractivity contribution in [1.82, 2.24) is 19.5 Å². The maximum Gasteiger partial charge on any atom is 0.226 e. The summed E-state index contributed by atoms with van der Waals surface area (Å²) in [5.74, 6) is 1.02. The van der Waals surface area contributed by atoms with Crippen LogP contribution in [0.15, 0.2) is 77.4 Å². The Morgan fingerprint density at radius 2 is 1.79 bits per heavy atom. The van der Waals surface area contributed by atoms with Gasteiger partial charge in [0.05, 0.1) is 0 Å². The third kappa shape index (κ3) is 4.43. The largest absolute Gasteiger partial charge is 0.339 e. The number of fused-ring (bicyclic) bond motifs is 1. The van der Waals surface area contributed by atoms with E-state index < -0.39 is 0 Å². The molecule has 0 bridgehead atoms. The van der Waals surface area contributed by atoms with Gasteiger partial charge in [0, 0.05) is 30.2 Å². The molecule has 0 atom stereocenters. The van der Waals surface area contributed by atoms with E-state index in [1.54, 1.807) is 12.1 Å². The van der Waals surface area contributed by atoms with Crippen molar-refractivity contribution in [2.24, 2.45) is 0 Å². The molecule has 5 aromatic rings. The first-order valence-electron chi connectivity index (χ1n) is 11.0. The van der Waals surface area contributed by atoms with Gasteiger partial charge in [-0.3, -0.25) is 9.20 Å². The van der Waals surface area contributed by atoms with E-state index in [1.807, 2.05) is 60.0 Å². The van der Waals surface area contributed by atoms with Crippen LogP contribution >= 0.6 is 0 Å². The van der Waals surface area contributed by atoms with Gasteiger partial charge in [-0.2, -0.15) is 4.98 Å². The van der Waals surface area contributed by atoms with Crippen LogP contribution < -0.4 is 5.32 Å². The van der Waals surface area contributed by atoms with Crippen LogP contribution in [0, 0.1) is 12.7 Å². The van der Waals surface area contributed by atoms with Crippen molar-refractivity contribution in [3.05, 3.63) is 90.2 Å². The van der Waals surface area contributed by atoms with Crippen molar-refractivity contribution < 1.29 is 13.7 Å². The van der Waals surface area contributed by atoms with Gasteiger partial charge in [0.15, 0.2) is 0 Å². The maximum absolute atomic E-state index is 13.1. The zero-order valence-corrected chi connectivity index (χ0v) is 18.5. The van der Waals surface area contributed by atoms with E-state index in [0.29, 0.717) is 35.9 Å². The van der Waals surface area contributed by atoms with Gasteiger partial charge < -0.3 is 9.84 Å². The smallest absolute Gasteiger partial charge is 0.226 e. The summed E-state index contributed by atoms with van der Waals surface area (Å²) in [5.41, 5.74) is 4.15. The van der Waals surface area contributed by atoms with E-state index in [4.69, 9.17) is 9.51 Å². The molecule has 0 saturated carbocycles. The fourth-order valence-electron chi connectivity index (χ4n) is 3.79. The molecule has 0 fully saturated rings. The summed E-state index contributed by atoms with van der Waals surface area (Å²) < 4.78 is 20.3. The molecule has 0 aliphatic heterocycles. The van der Waals surface area contributed by atoms with Gasteiger partial charge in [-0.05, 0) is 49.2 Å². The van der Waals surface area contributed by atoms with Gasteiger partial charge in [-0.1, -0.05) is 41.6 Å². The minimum atomic E-state index is -0.324. The first-order valence-corrected chi connectivity index (χ1v) is 11.0. The van der Waals surface area contributed by atoms with Gasteiger partial charge >= 0.3 is 0 Å². The highest BCUT2D eigenvalue weighted by atomic mass is 19.1. The highest BCUT2D eigenvalue weighted by Gasteiger charge is 2.17. The van der Waals surface area contributed by atoms with Crippen molar-refractivity contribution in [3.63, 3.8) is 0 Å². The summed E-state index contributed by atoms with van der Waals surface area (Å²) >= 11 is 0. The van der Waals surface area contributed by atoms with Crippen molar-refractivity contribution >= 4 is 17.4 Å². The first-order chi connectivity index (χ1) is 16.6. The second-order valence-electron chi connectivity index (χ2n) is 7.98. The predicted molar refractivity (Wildman–Crippen MR) is 127 cm³/mol. The average molecular weight is 455 g/mol. The Morgan fingerprint density at radius 3 is 2.59 bits per heavy atom. The van der Waals surface area contributed by atoms with E-state index in [-0.39, 0.29) is 18.1 Å². The molecule has 170 valence electrons. The molecule has 0 unspecified atom stereocenters. The van der Waals surface area contributed by atoms with Crippen LogP contribution in [-0.2, 0) is 11.2 Å². The number of halogens is 1.